The normalized spacial score (nSPS) is 9.40. The highest BCUT2D eigenvalue weighted by molar-refractivity contribution is 7.97. The predicted molar refractivity (Wildman–Crippen MR) is 47.2 cm³/mol. The van der Waals surface area contributed by atoms with Crippen LogP contribution in [-0.2, 0) is 4.79 Å². The van der Waals surface area contributed by atoms with Crippen molar-refractivity contribution in [2.75, 3.05) is 6.26 Å². The summed E-state index contributed by atoms with van der Waals surface area (Å²) in [6.45, 7) is 5.73. The molecular weight excluding hydrogens is 148 g/mol. The lowest BCUT2D eigenvalue weighted by atomic mass is 10.7. The van der Waals surface area contributed by atoms with Crippen LogP contribution in [0.25, 0.3) is 0 Å². The molecule has 0 bridgehead atoms. The van der Waals surface area contributed by atoms with Crippen molar-refractivity contribution in [3.63, 3.8) is 0 Å². The van der Waals surface area contributed by atoms with E-state index in [0.717, 1.165) is 0 Å². The van der Waals surface area contributed by atoms with E-state index in [0.29, 0.717) is 12.2 Å². The van der Waals surface area contributed by atoms with E-state index in [1.165, 1.54) is 11.9 Å². The Balaban J connectivity index is 0. The van der Waals surface area contributed by atoms with Gasteiger partial charge >= 0.3 is 0 Å². The molecule has 0 unspecified atom stereocenters. The summed E-state index contributed by atoms with van der Waals surface area (Å²) in [7, 11) is 0. The first-order valence-electron chi connectivity index (χ1n) is 3.09. The number of carbonyl (C=O) groups is 1. The summed E-state index contributed by atoms with van der Waals surface area (Å²) in [5, 5.41) is 2.40. The molecular formula is C6H14N2OS. The van der Waals surface area contributed by atoms with Crippen LogP contribution in [0, 0.1) is 0 Å². The number of hydrogen-bond acceptors (Lipinski definition) is 3. The number of carbonyl (C=O) groups excluding carboxylic acids is 1. The van der Waals surface area contributed by atoms with Gasteiger partial charge in [-0.15, -0.1) is 0 Å². The molecule has 0 aliphatic carbocycles. The lowest BCUT2D eigenvalue weighted by molar-refractivity contribution is -0.108. The minimum absolute atomic E-state index is 0.606. The Morgan fingerprint density at radius 1 is 1.60 bits per heavy atom. The highest BCUT2D eigenvalue weighted by Crippen LogP contribution is 1.91. The van der Waals surface area contributed by atoms with E-state index in [2.05, 4.69) is 9.71 Å². The molecule has 0 atom stereocenters. The zero-order chi connectivity index (χ0) is 8.41. The van der Waals surface area contributed by atoms with E-state index in [1.807, 2.05) is 20.1 Å². The van der Waals surface area contributed by atoms with Crippen LogP contribution in [-0.4, -0.2) is 18.5 Å². The number of amides is 1. The van der Waals surface area contributed by atoms with Crippen molar-refractivity contribution in [3.8, 4) is 0 Å². The zero-order valence-corrected chi connectivity index (χ0v) is 7.66. The average molecular weight is 162 g/mol. The standard InChI is InChI=1S/C4H8N2OS.C2H6/c1-4(5-3-7)6-8-2;1-2/h3H,1-2H3,(H,5,6,7);1-2H3. The summed E-state index contributed by atoms with van der Waals surface area (Å²) in [6.07, 6.45) is 2.44. The summed E-state index contributed by atoms with van der Waals surface area (Å²) >= 11 is 1.32. The van der Waals surface area contributed by atoms with Gasteiger partial charge in [0, 0.05) is 6.26 Å². The van der Waals surface area contributed by atoms with Crippen molar-refractivity contribution < 1.29 is 4.79 Å². The van der Waals surface area contributed by atoms with Gasteiger partial charge in [0.2, 0.25) is 6.41 Å². The van der Waals surface area contributed by atoms with Gasteiger partial charge in [0.15, 0.2) is 0 Å². The molecule has 3 nitrogen and oxygen atoms in total. The van der Waals surface area contributed by atoms with E-state index >= 15 is 0 Å². The van der Waals surface area contributed by atoms with Crippen molar-refractivity contribution in [1.82, 2.24) is 5.32 Å². The largest absolute Gasteiger partial charge is 0.317 e. The number of nitrogens with zero attached hydrogens (tertiary/aromatic N) is 1. The summed E-state index contributed by atoms with van der Waals surface area (Å²) in [5.41, 5.74) is 0. The van der Waals surface area contributed by atoms with Gasteiger partial charge in [-0.2, -0.15) is 0 Å². The Morgan fingerprint density at radius 2 is 2.10 bits per heavy atom. The maximum absolute atomic E-state index is 9.69. The van der Waals surface area contributed by atoms with Crippen LogP contribution >= 0.6 is 11.9 Å². The van der Waals surface area contributed by atoms with E-state index in [-0.39, 0.29) is 0 Å². The molecule has 0 radical (unpaired) electrons. The minimum atomic E-state index is 0.606. The second-order valence-electron chi connectivity index (χ2n) is 1.12. The maximum Gasteiger partial charge on any atom is 0.212 e. The molecule has 0 aliphatic rings. The maximum atomic E-state index is 9.69. The molecule has 0 aliphatic heterocycles. The first-order valence-corrected chi connectivity index (χ1v) is 4.27. The van der Waals surface area contributed by atoms with Crippen LogP contribution in [0.3, 0.4) is 0 Å². The molecule has 0 aromatic rings. The molecule has 0 fully saturated rings. The van der Waals surface area contributed by atoms with Gasteiger partial charge < -0.3 is 5.32 Å². The fraction of sp³-hybridized carbons (Fsp3) is 0.667. The van der Waals surface area contributed by atoms with Crippen molar-refractivity contribution >= 4 is 24.2 Å². The molecule has 0 spiro atoms. The molecule has 1 N–H and O–H groups in total. The topological polar surface area (TPSA) is 41.5 Å². The molecule has 0 saturated carbocycles. The third-order valence-corrected chi connectivity index (χ3v) is 0.952. The van der Waals surface area contributed by atoms with Gasteiger partial charge in [-0.25, -0.2) is 4.40 Å². The molecule has 10 heavy (non-hydrogen) atoms. The highest BCUT2D eigenvalue weighted by Gasteiger charge is 1.81. The quantitative estimate of drug-likeness (QED) is 0.289. The number of hydrogen-bond donors (Lipinski definition) is 1. The third kappa shape index (κ3) is 10.5. The first kappa shape index (κ1) is 12.2. The molecule has 0 rings (SSSR count). The predicted octanol–water partition coefficient (Wildman–Crippen LogP) is 1.45. The van der Waals surface area contributed by atoms with E-state index in [4.69, 9.17) is 0 Å². The average Bonchev–Trinajstić information content (AvgIpc) is 1.93. The Morgan fingerprint density at radius 3 is 2.40 bits per heavy atom. The fourth-order valence-electron chi connectivity index (χ4n) is 0.249. The summed E-state index contributed by atoms with van der Waals surface area (Å²) in [5.74, 6) is 0.632. The Kier molecular flexibility index (Phi) is 13.8. The van der Waals surface area contributed by atoms with Crippen LogP contribution < -0.4 is 5.32 Å². The number of rotatable bonds is 2. The monoisotopic (exact) mass is 162 g/mol. The van der Waals surface area contributed by atoms with Crippen LogP contribution in [0.15, 0.2) is 4.40 Å². The van der Waals surface area contributed by atoms with Crippen molar-refractivity contribution in [1.29, 1.82) is 0 Å². The second-order valence-corrected chi connectivity index (χ2v) is 1.67. The molecule has 0 saturated heterocycles. The van der Waals surface area contributed by atoms with E-state index in [9.17, 15) is 4.79 Å². The molecule has 4 heteroatoms. The van der Waals surface area contributed by atoms with Gasteiger partial charge in [-0.05, 0) is 18.9 Å². The molecule has 0 aromatic carbocycles. The van der Waals surface area contributed by atoms with Gasteiger partial charge in [0.25, 0.3) is 0 Å². The molecule has 60 valence electrons. The van der Waals surface area contributed by atoms with Crippen molar-refractivity contribution in [2.45, 2.75) is 20.8 Å². The van der Waals surface area contributed by atoms with Crippen molar-refractivity contribution in [2.24, 2.45) is 4.40 Å². The Bertz CT molecular complexity index is 104. The first-order chi connectivity index (χ1) is 4.81. The SMILES string of the molecule is CC.CS/N=C(/C)NC=O. The molecule has 0 aromatic heterocycles. The van der Waals surface area contributed by atoms with E-state index < -0.39 is 0 Å². The molecule has 1 amide bonds. The third-order valence-electron chi connectivity index (χ3n) is 0.496. The highest BCUT2D eigenvalue weighted by atomic mass is 32.2. The van der Waals surface area contributed by atoms with E-state index in [1.54, 1.807) is 6.92 Å². The summed E-state index contributed by atoms with van der Waals surface area (Å²) in [4.78, 5) is 9.69. The van der Waals surface area contributed by atoms with Crippen molar-refractivity contribution in [3.05, 3.63) is 0 Å². The van der Waals surface area contributed by atoms with Crippen LogP contribution in [0.2, 0.25) is 0 Å². The fourth-order valence-corrected chi connectivity index (χ4v) is 0.575. The number of nitrogens with one attached hydrogen (secondary N) is 1. The Hall–Kier alpha value is -0.510. The second kappa shape index (κ2) is 11.3. The zero-order valence-electron chi connectivity index (χ0n) is 6.84. The minimum Gasteiger partial charge on any atom is -0.317 e. The van der Waals surface area contributed by atoms with Gasteiger partial charge in [-0.3, -0.25) is 4.79 Å². The number of amidine groups is 1. The summed E-state index contributed by atoms with van der Waals surface area (Å²) in [6, 6.07) is 0. The van der Waals surface area contributed by atoms with Gasteiger partial charge in [0.05, 0.1) is 0 Å². The van der Waals surface area contributed by atoms with Crippen LogP contribution in [0.1, 0.15) is 20.8 Å². The van der Waals surface area contributed by atoms with Gasteiger partial charge in [-0.1, -0.05) is 13.8 Å². The molecule has 0 heterocycles. The van der Waals surface area contributed by atoms with Crippen LogP contribution in [0.5, 0.6) is 0 Å². The lowest BCUT2D eigenvalue weighted by Crippen LogP contribution is -2.16. The summed E-state index contributed by atoms with van der Waals surface area (Å²) < 4.78 is 3.81. The lowest BCUT2D eigenvalue weighted by Gasteiger charge is -1.90. The van der Waals surface area contributed by atoms with Gasteiger partial charge in [0.1, 0.15) is 5.84 Å². The van der Waals surface area contributed by atoms with Crippen LogP contribution in [0.4, 0.5) is 0 Å². The Labute approximate surface area is 66.4 Å². The smallest absolute Gasteiger partial charge is 0.212 e.